The molecule has 27 heavy (non-hydrogen) atoms. The molecule has 2 amide bonds. The van der Waals surface area contributed by atoms with Crippen LogP contribution in [0.3, 0.4) is 0 Å². The number of likely N-dealkylation sites (tertiary alicyclic amines) is 1. The minimum absolute atomic E-state index is 0.0248. The number of aryl methyl sites for hydroxylation is 1. The number of para-hydroxylation sites is 1. The average Bonchev–Trinajstić information content (AvgIpc) is 2.73. The summed E-state index contributed by atoms with van der Waals surface area (Å²) in [5.74, 6) is -0.0138. The molecule has 0 unspecified atom stereocenters. The summed E-state index contributed by atoms with van der Waals surface area (Å²) in [6.07, 6.45) is 3.70. The molecular formula is C22H23ClN2O2. The van der Waals surface area contributed by atoms with Crippen molar-refractivity contribution < 1.29 is 9.59 Å². The molecule has 5 heteroatoms. The van der Waals surface area contributed by atoms with Crippen LogP contribution in [-0.4, -0.2) is 36.3 Å². The maximum atomic E-state index is 13.2. The molecule has 4 rings (SSSR count). The van der Waals surface area contributed by atoms with Crippen LogP contribution in [-0.2, 0) is 11.2 Å². The van der Waals surface area contributed by atoms with E-state index in [4.69, 9.17) is 11.6 Å². The predicted octanol–water partition coefficient (Wildman–Crippen LogP) is 4.17. The van der Waals surface area contributed by atoms with Crippen LogP contribution in [0.4, 0.5) is 5.69 Å². The number of benzene rings is 2. The number of rotatable bonds is 2. The van der Waals surface area contributed by atoms with Gasteiger partial charge in [0.25, 0.3) is 5.91 Å². The van der Waals surface area contributed by atoms with Crippen molar-refractivity contribution in [3.05, 3.63) is 64.7 Å². The average molecular weight is 383 g/mol. The van der Waals surface area contributed by atoms with Crippen molar-refractivity contribution in [2.24, 2.45) is 5.92 Å². The number of halogens is 1. The lowest BCUT2D eigenvalue weighted by Crippen LogP contribution is -2.48. The third kappa shape index (κ3) is 3.72. The fourth-order valence-electron chi connectivity index (χ4n) is 4.12. The molecule has 1 fully saturated rings. The summed E-state index contributed by atoms with van der Waals surface area (Å²) in [4.78, 5) is 29.8. The molecule has 2 aliphatic rings. The summed E-state index contributed by atoms with van der Waals surface area (Å²) in [6.45, 7) is 1.94. The molecule has 0 radical (unpaired) electrons. The van der Waals surface area contributed by atoms with E-state index in [9.17, 15) is 9.59 Å². The van der Waals surface area contributed by atoms with Gasteiger partial charge in [0.1, 0.15) is 0 Å². The van der Waals surface area contributed by atoms with Crippen molar-refractivity contribution in [2.75, 3.05) is 24.5 Å². The molecule has 2 aromatic carbocycles. The van der Waals surface area contributed by atoms with E-state index in [0.717, 1.165) is 37.9 Å². The Bertz CT molecular complexity index is 850. The Morgan fingerprint density at radius 3 is 2.56 bits per heavy atom. The van der Waals surface area contributed by atoms with Gasteiger partial charge >= 0.3 is 0 Å². The van der Waals surface area contributed by atoms with E-state index in [1.54, 1.807) is 24.3 Å². The Balaban J connectivity index is 1.49. The van der Waals surface area contributed by atoms with Crippen molar-refractivity contribution in [1.29, 1.82) is 0 Å². The van der Waals surface area contributed by atoms with E-state index in [2.05, 4.69) is 6.07 Å². The number of hydrogen-bond acceptors (Lipinski definition) is 2. The zero-order chi connectivity index (χ0) is 18.8. The second kappa shape index (κ2) is 7.73. The van der Waals surface area contributed by atoms with Crippen molar-refractivity contribution in [3.8, 4) is 0 Å². The number of fused-ring (bicyclic) bond motifs is 1. The van der Waals surface area contributed by atoms with Gasteiger partial charge in [0.05, 0.1) is 5.92 Å². The predicted molar refractivity (Wildman–Crippen MR) is 107 cm³/mol. The molecule has 1 saturated heterocycles. The quantitative estimate of drug-likeness (QED) is 0.782. The molecule has 140 valence electrons. The summed E-state index contributed by atoms with van der Waals surface area (Å²) in [6, 6.07) is 15.1. The molecule has 0 N–H and O–H groups in total. The lowest BCUT2D eigenvalue weighted by atomic mass is 9.93. The fraction of sp³-hybridized carbons (Fsp3) is 0.364. The van der Waals surface area contributed by atoms with Gasteiger partial charge < -0.3 is 9.80 Å². The molecule has 0 aromatic heterocycles. The lowest BCUT2D eigenvalue weighted by Gasteiger charge is -2.37. The third-order valence-electron chi connectivity index (χ3n) is 5.53. The number of carbonyl (C=O) groups is 2. The second-order valence-corrected chi connectivity index (χ2v) is 7.76. The smallest absolute Gasteiger partial charge is 0.253 e. The Morgan fingerprint density at radius 1 is 0.963 bits per heavy atom. The highest BCUT2D eigenvalue weighted by molar-refractivity contribution is 6.30. The maximum absolute atomic E-state index is 13.2. The van der Waals surface area contributed by atoms with Gasteiger partial charge in [0, 0.05) is 35.9 Å². The number of carbonyl (C=O) groups excluding carboxylic acids is 2. The molecule has 2 aromatic rings. The Kier molecular flexibility index (Phi) is 5.17. The van der Waals surface area contributed by atoms with E-state index in [1.165, 1.54) is 5.56 Å². The molecule has 2 heterocycles. The highest BCUT2D eigenvalue weighted by Gasteiger charge is 2.33. The van der Waals surface area contributed by atoms with Crippen molar-refractivity contribution in [1.82, 2.24) is 4.90 Å². The van der Waals surface area contributed by atoms with Crippen LogP contribution in [0, 0.1) is 5.92 Å². The number of anilines is 1. The second-order valence-electron chi connectivity index (χ2n) is 7.32. The summed E-state index contributed by atoms with van der Waals surface area (Å²) >= 11 is 5.92. The number of amides is 2. The Morgan fingerprint density at radius 2 is 1.74 bits per heavy atom. The monoisotopic (exact) mass is 382 g/mol. The standard InChI is InChI=1S/C22H23ClN2O2/c23-19-11-9-17(10-12-19)21(26)24-13-3-7-18(15-24)22(27)25-14-4-6-16-5-1-2-8-20(16)25/h1-2,5,8-12,18H,3-4,6-7,13-15H2/t18-/m1/s1. The van der Waals surface area contributed by atoms with E-state index >= 15 is 0 Å². The van der Waals surface area contributed by atoms with E-state index < -0.39 is 0 Å². The van der Waals surface area contributed by atoms with Crippen LogP contribution in [0.25, 0.3) is 0 Å². The van der Waals surface area contributed by atoms with Crippen LogP contribution in [0.15, 0.2) is 48.5 Å². The molecule has 0 saturated carbocycles. The van der Waals surface area contributed by atoms with Gasteiger partial charge in [-0.15, -0.1) is 0 Å². The first-order chi connectivity index (χ1) is 13.1. The third-order valence-corrected chi connectivity index (χ3v) is 5.78. The van der Waals surface area contributed by atoms with Crippen molar-refractivity contribution >= 4 is 29.1 Å². The molecule has 1 atom stereocenters. The largest absolute Gasteiger partial charge is 0.338 e. The highest BCUT2D eigenvalue weighted by atomic mass is 35.5. The molecule has 0 bridgehead atoms. The first-order valence-corrected chi connectivity index (χ1v) is 9.95. The summed E-state index contributed by atoms with van der Waals surface area (Å²) in [5, 5.41) is 0.613. The topological polar surface area (TPSA) is 40.6 Å². The number of piperidine rings is 1. The fourth-order valence-corrected chi connectivity index (χ4v) is 4.25. The summed E-state index contributed by atoms with van der Waals surface area (Å²) in [5.41, 5.74) is 2.90. The van der Waals surface area contributed by atoms with E-state index in [-0.39, 0.29) is 17.7 Å². The lowest BCUT2D eigenvalue weighted by molar-refractivity contribution is -0.123. The van der Waals surface area contributed by atoms with Gasteiger partial charge in [0.15, 0.2) is 0 Å². The van der Waals surface area contributed by atoms with Gasteiger partial charge in [0.2, 0.25) is 5.91 Å². The first kappa shape index (κ1) is 18.1. The highest BCUT2D eigenvalue weighted by Crippen LogP contribution is 2.30. The molecule has 0 aliphatic carbocycles. The SMILES string of the molecule is O=C(c1ccc(Cl)cc1)N1CCC[C@@H](C(=O)N2CCCc3ccccc32)C1. The van der Waals surface area contributed by atoms with Gasteiger partial charge in [-0.1, -0.05) is 29.8 Å². The van der Waals surface area contributed by atoms with Crippen LogP contribution in [0.2, 0.25) is 5.02 Å². The Labute approximate surface area is 164 Å². The van der Waals surface area contributed by atoms with Gasteiger partial charge in [-0.3, -0.25) is 9.59 Å². The van der Waals surface area contributed by atoms with E-state index in [1.807, 2.05) is 28.0 Å². The van der Waals surface area contributed by atoms with Crippen LogP contribution in [0.1, 0.15) is 35.2 Å². The van der Waals surface area contributed by atoms with Crippen molar-refractivity contribution in [3.63, 3.8) is 0 Å². The minimum Gasteiger partial charge on any atom is -0.338 e. The zero-order valence-corrected chi connectivity index (χ0v) is 16.0. The molecular weight excluding hydrogens is 360 g/mol. The van der Waals surface area contributed by atoms with Crippen molar-refractivity contribution in [2.45, 2.75) is 25.7 Å². The van der Waals surface area contributed by atoms with Gasteiger partial charge in [-0.05, 0) is 61.6 Å². The maximum Gasteiger partial charge on any atom is 0.253 e. The zero-order valence-electron chi connectivity index (χ0n) is 15.2. The Hall–Kier alpha value is -2.33. The molecule has 2 aliphatic heterocycles. The number of hydrogen-bond donors (Lipinski definition) is 0. The number of nitrogens with zero attached hydrogens (tertiary/aromatic N) is 2. The molecule has 0 spiro atoms. The van der Waals surface area contributed by atoms with Gasteiger partial charge in [-0.2, -0.15) is 0 Å². The van der Waals surface area contributed by atoms with Crippen LogP contribution >= 0.6 is 11.6 Å². The summed E-state index contributed by atoms with van der Waals surface area (Å²) in [7, 11) is 0. The first-order valence-electron chi connectivity index (χ1n) is 9.57. The van der Waals surface area contributed by atoms with Crippen LogP contribution < -0.4 is 4.90 Å². The van der Waals surface area contributed by atoms with Crippen LogP contribution in [0.5, 0.6) is 0 Å². The molecule has 4 nitrogen and oxygen atoms in total. The summed E-state index contributed by atoms with van der Waals surface area (Å²) < 4.78 is 0. The van der Waals surface area contributed by atoms with E-state index in [0.29, 0.717) is 23.7 Å². The van der Waals surface area contributed by atoms with Gasteiger partial charge in [-0.25, -0.2) is 0 Å². The normalized spacial score (nSPS) is 19.5. The minimum atomic E-state index is -0.138.